The molecule has 0 fully saturated rings. The highest BCUT2D eigenvalue weighted by Gasteiger charge is 2.34. The SMILES string of the molecule is O=C(c1cc(=O)c2cc(-c3ccoc3)cc(C(F)(F)F)c2[nH]1)N1CC=C(c2ccccc2)CC1. The second kappa shape index (κ2) is 8.37. The average Bonchev–Trinajstić information content (AvgIpc) is 3.38. The van der Waals surface area contributed by atoms with Crippen LogP contribution in [-0.2, 0) is 6.18 Å². The summed E-state index contributed by atoms with van der Waals surface area (Å²) in [6.45, 7) is 0.694. The van der Waals surface area contributed by atoms with Crippen LogP contribution in [-0.4, -0.2) is 28.9 Å². The number of alkyl halides is 3. The molecule has 4 aromatic rings. The number of pyridine rings is 1. The number of nitrogens with zero attached hydrogens (tertiary/aromatic N) is 1. The van der Waals surface area contributed by atoms with Crippen LogP contribution >= 0.6 is 0 Å². The van der Waals surface area contributed by atoms with E-state index in [1.807, 2.05) is 36.4 Å². The molecule has 0 saturated carbocycles. The van der Waals surface area contributed by atoms with E-state index in [9.17, 15) is 22.8 Å². The summed E-state index contributed by atoms with van der Waals surface area (Å²) < 4.78 is 46.7. The normalized spacial score (nSPS) is 14.3. The number of hydrogen-bond acceptors (Lipinski definition) is 3. The first-order chi connectivity index (χ1) is 16.3. The van der Waals surface area contributed by atoms with Gasteiger partial charge in [0.1, 0.15) is 5.69 Å². The van der Waals surface area contributed by atoms with Crippen LogP contribution in [0.4, 0.5) is 13.2 Å². The molecule has 172 valence electrons. The fraction of sp³-hybridized carbons (Fsp3) is 0.154. The fourth-order valence-corrected chi connectivity index (χ4v) is 4.22. The molecule has 2 aromatic carbocycles. The van der Waals surface area contributed by atoms with Gasteiger partial charge in [0.2, 0.25) is 0 Å². The number of carbonyl (C=O) groups is 1. The third-order valence-corrected chi connectivity index (χ3v) is 5.97. The maximum absolute atomic E-state index is 13.9. The number of rotatable bonds is 3. The van der Waals surface area contributed by atoms with Crippen molar-refractivity contribution in [1.29, 1.82) is 0 Å². The lowest BCUT2D eigenvalue weighted by atomic mass is 9.99. The molecule has 0 aliphatic carbocycles. The highest BCUT2D eigenvalue weighted by molar-refractivity contribution is 5.97. The maximum atomic E-state index is 13.9. The highest BCUT2D eigenvalue weighted by Crippen LogP contribution is 2.37. The Hall–Kier alpha value is -4.07. The lowest BCUT2D eigenvalue weighted by molar-refractivity contribution is -0.136. The molecule has 5 nitrogen and oxygen atoms in total. The van der Waals surface area contributed by atoms with Crippen molar-refractivity contribution in [3.63, 3.8) is 0 Å². The minimum absolute atomic E-state index is 0.146. The summed E-state index contributed by atoms with van der Waals surface area (Å²) >= 11 is 0. The van der Waals surface area contributed by atoms with Gasteiger partial charge in [0.25, 0.3) is 5.91 Å². The van der Waals surface area contributed by atoms with Gasteiger partial charge in [0.15, 0.2) is 5.43 Å². The Morgan fingerprint density at radius 1 is 1.00 bits per heavy atom. The van der Waals surface area contributed by atoms with E-state index in [1.165, 1.54) is 29.6 Å². The third-order valence-electron chi connectivity index (χ3n) is 5.97. The van der Waals surface area contributed by atoms with E-state index in [-0.39, 0.29) is 16.6 Å². The van der Waals surface area contributed by atoms with Crippen LogP contribution in [0.15, 0.2) is 82.4 Å². The number of aromatic amines is 1. The Morgan fingerprint density at radius 2 is 1.79 bits per heavy atom. The molecule has 1 amide bonds. The van der Waals surface area contributed by atoms with Crippen LogP contribution in [0.25, 0.3) is 27.6 Å². The average molecular weight is 464 g/mol. The minimum Gasteiger partial charge on any atom is -0.472 e. The molecule has 0 spiro atoms. The van der Waals surface area contributed by atoms with Crippen LogP contribution < -0.4 is 5.43 Å². The Balaban J connectivity index is 1.52. The van der Waals surface area contributed by atoms with E-state index in [0.29, 0.717) is 25.1 Å². The zero-order valence-corrected chi connectivity index (χ0v) is 17.9. The molecule has 8 heteroatoms. The van der Waals surface area contributed by atoms with E-state index in [2.05, 4.69) is 4.98 Å². The van der Waals surface area contributed by atoms with Gasteiger partial charge in [-0.05, 0) is 41.3 Å². The van der Waals surface area contributed by atoms with Gasteiger partial charge in [-0.3, -0.25) is 9.59 Å². The predicted molar refractivity (Wildman–Crippen MR) is 122 cm³/mol. The summed E-state index contributed by atoms with van der Waals surface area (Å²) in [4.78, 5) is 30.0. The van der Waals surface area contributed by atoms with Crippen molar-refractivity contribution in [2.75, 3.05) is 13.1 Å². The largest absolute Gasteiger partial charge is 0.472 e. The quantitative estimate of drug-likeness (QED) is 0.421. The molecule has 2 aromatic heterocycles. The van der Waals surface area contributed by atoms with Gasteiger partial charge in [-0.2, -0.15) is 13.2 Å². The van der Waals surface area contributed by atoms with E-state index in [0.717, 1.165) is 23.3 Å². The molecule has 0 saturated heterocycles. The van der Waals surface area contributed by atoms with E-state index >= 15 is 0 Å². The number of carbonyl (C=O) groups excluding carboxylic acids is 1. The van der Waals surface area contributed by atoms with Crippen molar-refractivity contribution in [2.45, 2.75) is 12.6 Å². The van der Waals surface area contributed by atoms with Crippen molar-refractivity contribution in [3.8, 4) is 11.1 Å². The number of nitrogens with one attached hydrogen (secondary N) is 1. The molecule has 5 rings (SSSR count). The van der Waals surface area contributed by atoms with Crippen molar-refractivity contribution in [2.24, 2.45) is 0 Å². The summed E-state index contributed by atoms with van der Waals surface area (Å²) in [5, 5.41) is -0.146. The molecular formula is C26H19F3N2O3. The lowest BCUT2D eigenvalue weighted by Crippen LogP contribution is -2.35. The topological polar surface area (TPSA) is 66.3 Å². The zero-order chi connectivity index (χ0) is 23.9. The Labute approximate surface area is 192 Å². The van der Waals surface area contributed by atoms with Crippen LogP contribution in [0.5, 0.6) is 0 Å². The standard InChI is InChI=1S/C26H19F3N2O3/c27-26(28,29)21-13-19(18-8-11-34-15-18)12-20-23(32)14-22(30-24(20)21)25(33)31-9-6-17(7-10-31)16-4-2-1-3-5-16/h1-6,8,11-15H,7,9-10H2,(H,30,32). The molecule has 0 bridgehead atoms. The summed E-state index contributed by atoms with van der Waals surface area (Å²) in [5.74, 6) is -0.519. The number of halogens is 3. The molecule has 1 N–H and O–H groups in total. The summed E-state index contributed by atoms with van der Waals surface area (Å²) in [6, 6.07) is 14.7. The van der Waals surface area contributed by atoms with Gasteiger partial charge in [0, 0.05) is 30.1 Å². The number of amides is 1. The monoisotopic (exact) mass is 464 g/mol. The highest BCUT2D eigenvalue weighted by atomic mass is 19.4. The maximum Gasteiger partial charge on any atom is 0.418 e. The number of benzene rings is 2. The van der Waals surface area contributed by atoms with Crippen molar-refractivity contribution < 1.29 is 22.4 Å². The fourth-order valence-electron chi connectivity index (χ4n) is 4.22. The first-order valence-corrected chi connectivity index (χ1v) is 10.7. The number of H-pyrrole nitrogens is 1. The van der Waals surface area contributed by atoms with Crippen molar-refractivity contribution in [1.82, 2.24) is 9.88 Å². The lowest BCUT2D eigenvalue weighted by Gasteiger charge is -2.27. The number of furan rings is 1. The Kier molecular flexibility index (Phi) is 5.36. The van der Waals surface area contributed by atoms with Crippen molar-refractivity contribution in [3.05, 3.63) is 100 Å². The van der Waals surface area contributed by atoms with E-state index in [1.54, 1.807) is 0 Å². The summed E-state index contributed by atoms with van der Waals surface area (Å²) in [6.07, 6.45) is 0.445. The first kappa shape index (κ1) is 21.8. The second-order valence-electron chi connectivity index (χ2n) is 8.10. The Morgan fingerprint density at radius 3 is 2.44 bits per heavy atom. The van der Waals surface area contributed by atoms with Crippen LogP contribution in [0, 0.1) is 0 Å². The molecular weight excluding hydrogens is 445 g/mol. The summed E-state index contributed by atoms with van der Waals surface area (Å²) in [7, 11) is 0. The van der Waals surface area contributed by atoms with Crippen molar-refractivity contribution >= 4 is 22.4 Å². The number of hydrogen-bond donors (Lipinski definition) is 1. The zero-order valence-electron chi connectivity index (χ0n) is 17.9. The van der Waals surface area contributed by atoms with E-state index in [4.69, 9.17) is 4.42 Å². The Bertz CT molecular complexity index is 1450. The van der Waals surface area contributed by atoms with Gasteiger partial charge >= 0.3 is 6.18 Å². The molecule has 0 atom stereocenters. The second-order valence-corrected chi connectivity index (χ2v) is 8.10. The predicted octanol–water partition coefficient (Wildman–Crippen LogP) is 5.74. The first-order valence-electron chi connectivity index (χ1n) is 10.7. The van der Waals surface area contributed by atoms with Gasteiger partial charge in [-0.1, -0.05) is 36.4 Å². The molecule has 1 aliphatic rings. The van der Waals surface area contributed by atoms with Gasteiger partial charge in [0.05, 0.1) is 23.6 Å². The third kappa shape index (κ3) is 4.03. The molecule has 3 heterocycles. The van der Waals surface area contributed by atoms with E-state index < -0.39 is 28.6 Å². The number of fused-ring (bicyclic) bond motifs is 1. The van der Waals surface area contributed by atoms with Gasteiger partial charge in [-0.25, -0.2) is 0 Å². The molecule has 1 aliphatic heterocycles. The van der Waals surface area contributed by atoms with Gasteiger partial charge in [-0.15, -0.1) is 0 Å². The molecule has 0 radical (unpaired) electrons. The number of aromatic nitrogens is 1. The minimum atomic E-state index is -4.74. The van der Waals surface area contributed by atoms with Crippen LogP contribution in [0.3, 0.4) is 0 Å². The molecule has 0 unspecified atom stereocenters. The molecule has 34 heavy (non-hydrogen) atoms. The van der Waals surface area contributed by atoms with Crippen LogP contribution in [0.2, 0.25) is 0 Å². The van der Waals surface area contributed by atoms with Crippen LogP contribution in [0.1, 0.15) is 28.0 Å². The summed E-state index contributed by atoms with van der Waals surface area (Å²) in [5.41, 5.74) is 0.529. The smallest absolute Gasteiger partial charge is 0.418 e. The van der Waals surface area contributed by atoms with Gasteiger partial charge < -0.3 is 14.3 Å².